The van der Waals surface area contributed by atoms with Crippen LogP contribution in [0.15, 0.2) is 24.3 Å². The maximum Gasteiger partial charge on any atom is 0.308 e. The Hall–Kier alpha value is -1.35. The highest BCUT2D eigenvalue weighted by molar-refractivity contribution is 5.71. The molecule has 0 spiro atoms. The van der Waals surface area contributed by atoms with E-state index < -0.39 is 5.97 Å². The van der Waals surface area contributed by atoms with Gasteiger partial charge in [-0.3, -0.25) is 9.69 Å². The summed E-state index contributed by atoms with van der Waals surface area (Å²) in [5.74, 6) is -0.728. The minimum atomic E-state index is -0.591. The Morgan fingerprint density at radius 3 is 2.85 bits per heavy atom. The molecular formula is C17H21NO2. The summed E-state index contributed by atoms with van der Waals surface area (Å²) in [6.07, 6.45) is 6.72. The number of aliphatic carboxylic acids is 1. The number of nitrogens with zero attached hydrogens (tertiary/aromatic N) is 1. The number of benzene rings is 1. The van der Waals surface area contributed by atoms with Gasteiger partial charge in [0.05, 0.1) is 5.92 Å². The molecule has 4 atom stereocenters. The van der Waals surface area contributed by atoms with Crippen molar-refractivity contribution in [3.8, 4) is 0 Å². The average Bonchev–Trinajstić information content (AvgIpc) is 3.04. The van der Waals surface area contributed by atoms with Crippen molar-refractivity contribution in [2.45, 2.75) is 56.7 Å². The van der Waals surface area contributed by atoms with Gasteiger partial charge in [-0.05, 0) is 49.7 Å². The molecule has 2 fully saturated rings. The fourth-order valence-electron chi connectivity index (χ4n) is 4.82. The van der Waals surface area contributed by atoms with Gasteiger partial charge in [0.2, 0.25) is 0 Å². The summed E-state index contributed by atoms with van der Waals surface area (Å²) in [4.78, 5) is 14.0. The standard InChI is InChI=1S/C17H21NO2/c19-17(20)14-10-12-8-9-16(14)18(12)15-7-3-5-11-4-1-2-6-13(11)15/h1-2,4,6,12,14-16H,3,5,7-10H2,(H,19,20). The lowest BCUT2D eigenvalue weighted by Gasteiger charge is -2.36. The average molecular weight is 271 g/mol. The molecule has 1 aromatic carbocycles. The molecule has 0 amide bonds. The predicted octanol–water partition coefficient (Wildman–Crippen LogP) is 3.00. The number of carboxylic acids is 1. The van der Waals surface area contributed by atoms with Crippen molar-refractivity contribution < 1.29 is 9.90 Å². The second kappa shape index (κ2) is 4.59. The molecule has 4 rings (SSSR count). The Morgan fingerprint density at radius 2 is 2.05 bits per heavy atom. The van der Waals surface area contributed by atoms with Crippen LogP contribution in [0.25, 0.3) is 0 Å². The fourth-order valence-corrected chi connectivity index (χ4v) is 4.82. The molecule has 2 saturated heterocycles. The van der Waals surface area contributed by atoms with E-state index in [1.54, 1.807) is 0 Å². The van der Waals surface area contributed by atoms with Crippen molar-refractivity contribution in [2.75, 3.05) is 0 Å². The van der Waals surface area contributed by atoms with E-state index >= 15 is 0 Å². The minimum absolute atomic E-state index is 0.136. The second-order valence-electron chi connectivity index (χ2n) is 6.53. The summed E-state index contributed by atoms with van der Waals surface area (Å²) in [5, 5.41) is 9.42. The van der Waals surface area contributed by atoms with Crippen LogP contribution in [0, 0.1) is 5.92 Å². The van der Waals surface area contributed by atoms with Crippen LogP contribution in [-0.4, -0.2) is 28.1 Å². The third kappa shape index (κ3) is 1.72. The number of hydrogen-bond donors (Lipinski definition) is 1. The first-order valence-electron chi connectivity index (χ1n) is 7.84. The van der Waals surface area contributed by atoms with Crippen LogP contribution in [0.3, 0.4) is 0 Å². The van der Waals surface area contributed by atoms with Crippen LogP contribution >= 0.6 is 0 Å². The molecule has 2 heterocycles. The maximum atomic E-state index is 11.4. The van der Waals surface area contributed by atoms with E-state index in [0.717, 1.165) is 12.8 Å². The third-order valence-electron chi connectivity index (χ3n) is 5.61. The number of carbonyl (C=O) groups is 1. The van der Waals surface area contributed by atoms with E-state index in [1.807, 2.05) is 0 Å². The van der Waals surface area contributed by atoms with Gasteiger partial charge in [0.25, 0.3) is 0 Å². The lowest BCUT2D eigenvalue weighted by Crippen LogP contribution is -2.37. The molecule has 0 saturated carbocycles. The summed E-state index contributed by atoms with van der Waals surface area (Å²) in [6, 6.07) is 9.98. The quantitative estimate of drug-likeness (QED) is 0.899. The van der Waals surface area contributed by atoms with Crippen molar-refractivity contribution in [3.05, 3.63) is 35.4 Å². The molecule has 106 valence electrons. The minimum Gasteiger partial charge on any atom is -0.481 e. The SMILES string of the molecule is O=C(O)C1CC2CCC1N2C1CCCc2ccccc21. The molecule has 1 aliphatic carbocycles. The molecule has 20 heavy (non-hydrogen) atoms. The van der Waals surface area contributed by atoms with Crippen LogP contribution < -0.4 is 0 Å². The largest absolute Gasteiger partial charge is 0.481 e. The lowest BCUT2D eigenvalue weighted by molar-refractivity contribution is -0.142. The van der Waals surface area contributed by atoms with Gasteiger partial charge in [-0.15, -0.1) is 0 Å². The zero-order chi connectivity index (χ0) is 13.7. The predicted molar refractivity (Wildman–Crippen MR) is 76.5 cm³/mol. The highest BCUT2D eigenvalue weighted by Crippen LogP contribution is 2.49. The second-order valence-corrected chi connectivity index (χ2v) is 6.53. The van der Waals surface area contributed by atoms with Gasteiger partial charge in [-0.25, -0.2) is 0 Å². The molecule has 0 radical (unpaired) electrons. The van der Waals surface area contributed by atoms with E-state index in [0.29, 0.717) is 12.1 Å². The highest BCUT2D eigenvalue weighted by atomic mass is 16.4. The molecule has 0 aromatic heterocycles. The zero-order valence-corrected chi connectivity index (χ0v) is 11.7. The smallest absolute Gasteiger partial charge is 0.308 e. The normalized spacial score (nSPS) is 36.0. The molecule has 1 N–H and O–H groups in total. The van der Waals surface area contributed by atoms with Crippen LogP contribution in [0.5, 0.6) is 0 Å². The molecule has 3 aliphatic rings. The number of aryl methyl sites for hydroxylation is 1. The van der Waals surface area contributed by atoms with Crippen molar-refractivity contribution in [1.82, 2.24) is 4.90 Å². The summed E-state index contributed by atoms with van der Waals surface area (Å²) < 4.78 is 0. The Balaban J connectivity index is 1.68. The summed E-state index contributed by atoms with van der Waals surface area (Å²) >= 11 is 0. The van der Waals surface area contributed by atoms with Crippen LogP contribution in [0.2, 0.25) is 0 Å². The molecular weight excluding hydrogens is 250 g/mol. The van der Waals surface area contributed by atoms with E-state index in [4.69, 9.17) is 0 Å². The van der Waals surface area contributed by atoms with Gasteiger partial charge >= 0.3 is 5.97 Å². The molecule has 2 bridgehead atoms. The molecule has 3 nitrogen and oxygen atoms in total. The lowest BCUT2D eigenvalue weighted by atomic mass is 9.86. The Morgan fingerprint density at radius 1 is 1.20 bits per heavy atom. The number of hydrogen-bond acceptors (Lipinski definition) is 2. The van der Waals surface area contributed by atoms with Crippen LogP contribution in [-0.2, 0) is 11.2 Å². The molecule has 4 unspecified atom stereocenters. The van der Waals surface area contributed by atoms with Gasteiger partial charge in [0.15, 0.2) is 0 Å². The Bertz CT molecular complexity index is 542. The van der Waals surface area contributed by atoms with E-state index in [-0.39, 0.29) is 12.0 Å². The highest BCUT2D eigenvalue weighted by Gasteiger charge is 2.52. The first-order valence-corrected chi connectivity index (χ1v) is 7.84. The van der Waals surface area contributed by atoms with Gasteiger partial charge < -0.3 is 5.11 Å². The zero-order valence-electron chi connectivity index (χ0n) is 11.7. The first-order chi connectivity index (χ1) is 9.75. The first kappa shape index (κ1) is 12.4. The number of carboxylic acid groups (broad SMARTS) is 1. The monoisotopic (exact) mass is 271 g/mol. The van der Waals surface area contributed by atoms with Crippen molar-refractivity contribution in [2.24, 2.45) is 5.92 Å². The van der Waals surface area contributed by atoms with Crippen molar-refractivity contribution in [3.63, 3.8) is 0 Å². The maximum absolute atomic E-state index is 11.4. The topological polar surface area (TPSA) is 40.5 Å². The van der Waals surface area contributed by atoms with E-state index in [1.165, 1.54) is 36.8 Å². The Labute approximate surface area is 119 Å². The van der Waals surface area contributed by atoms with E-state index in [2.05, 4.69) is 29.2 Å². The summed E-state index contributed by atoms with van der Waals surface area (Å²) in [6.45, 7) is 0. The van der Waals surface area contributed by atoms with Gasteiger partial charge in [-0.2, -0.15) is 0 Å². The third-order valence-corrected chi connectivity index (χ3v) is 5.61. The molecule has 1 aromatic rings. The van der Waals surface area contributed by atoms with Crippen LogP contribution in [0.1, 0.15) is 49.3 Å². The fraction of sp³-hybridized carbons (Fsp3) is 0.588. The van der Waals surface area contributed by atoms with Crippen molar-refractivity contribution in [1.29, 1.82) is 0 Å². The Kier molecular flexibility index (Phi) is 2.84. The van der Waals surface area contributed by atoms with Gasteiger partial charge in [0.1, 0.15) is 0 Å². The van der Waals surface area contributed by atoms with E-state index in [9.17, 15) is 9.90 Å². The van der Waals surface area contributed by atoms with Gasteiger partial charge in [0, 0.05) is 18.1 Å². The summed E-state index contributed by atoms with van der Waals surface area (Å²) in [5.41, 5.74) is 2.93. The van der Waals surface area contributed by atoms with Crippen LogP contribution in [0.4, 0.5) is 0 Å². The van der Waals surface area contributed by atoms with Crippen molar-refractivity contribution >= 4 is 5.97 Å². The molecule has 3 heteroatoms. The molecule has 2 aliphatic heterocycles. The number of rotatable bonds is 2. The number of fused-ring (bicyclic) bond motifs is 3. The summed E-state index contributed by atoms with van der Waals surface area (Å²) in [7, 11) is 0. The van der Waals surface area contributed by atoms with Gasteiger partial charge in [-0.1, -0.05) is 24.3 Å².